The maximum absolute atomic E-state index is 3.28. The molecule has 1 unspecified atom stereocenters. The van der Waals surface area contributed by atoms with E-state index in [1.165, 1.54) is 45.4 Å². The van der Waals surface area contributed by atoms with Crippen molar-refractivity contribution in [3.05, 3.63) is 0 Å². The Hall–Kier alpha value is -0.120. The second-order valence-corrected chi connectivity index (χ2v) is 5.06. The van der Waals surface area contributed by atoms with Gasteiger partial charge in [-0.1, -0.05) is 0 Å². The van der Waals surface area contributed by atoms with Gasteiger partial charge in [0, 0.05) is 31.7 Å². The summed E-state index contributed by atoms with van der Waals surface area (Å²) in [5, 5.41) is 3.28. The lowest BCUT2D eigenvalue weighted by Crippen LogP contribution is -2.41. The fourth-order valence-electron chi connectivity index (χ4n) is 2.63. The first kappa shape index (κ1) is 11.4. The van der Waals surface area contributed by atoms with Crippen LogP contribution in [0, 0.1) is 0 Å². The molecule has 0 aromatic rings. The van der Waals surface area contributed by atoms with Gasteiger partial charge in [-0.25, -0.2) is 0 Å². The standard InChI is InChI=1S/C12H25N3/c1-11(10-13-2)14-6-3-7-15(9-8-14)12-4-5-12/h11-13H,3-10H2,1-2H3. The molecule has 1 heterocycles. The average molecular weight is 211 g/mol. The first-order chi connectivity index (χ1) is 7.31. The first-order valence-corrected chi connectivity index (χ1v) is 6.44. The molecule has 2 aliphatic rings. The summed E-state index contributed by atoms with van der Waals surface area (Å²) in [6.07, 6.45) is 4.25. The summed E-state index contributed by atoms with van der Waals surface area (Å²) in [7, 11) is 2.05. The van der Waals surface area contributed by atoms with E-state index in [4.69, 9.17) is 0 Å². The molecule has 0 amide bonds. The molecule has 15 heavy (non-hydrogen) atoms. The van der Waals surface area contributed by atoms with Gasteiger partial charge in [-0.15, -0.1) is 0 Å². The third-order valence-corrected chi connectivity index (χ3v) is 3.75. The molecule has 0 bridgehead atoms. The Kier molecular flexibility index (Phi) is 4.00. The lowest BCUT2D eigenvalue weighted by Gasteiger charge is -2.27. The van der Waals surface area contributed by atoms with Crippen LogP contribution in [0.15, 0.2) is 0 Å². The van der Waals surface area contributed by atoms with Gasteiger partial charge in [0.1, 0.15) is 0 Å². The number of nitrogens with zero attached hydrogens (tertiary/aromatic N) is 2. The van der Waals surface area contributed by atoms with E-state index in [9.17, 15) is 0 Å². The molecule has 1 N–H and O–H groups in total. The predicted octanol–water partition coefficient (Wildman–Crippen LogP) is 0.764. The maximum Gasteiger partial charge on any atom is 0.0192 e. The van der Waals surface area contributed by atoms with E-state index in [-0.39, 0.29) is 0 Å². The molecule has 0 aromatic carbocycles. The molecule has 2 rings (SSSR count). The zero-order chi connectivity index (χ0) is 10.7. The summed E-state index contributed by atoms with van der Waals surface area (Å²) in [6, 6.07) is 1.64. The summed E-state index contributed by atoms with van der Waals surface area (Å²) in [5.41, 5.74) is 0. The Bertz CT molecular complexity index is 191. The quantitative estimate of drug-likeness (QED) is 0.741. The Labute approximate surface area is 93.8 Å². The van der Waals surface area contributed by atoms with Crippen molar-refractivity contribution in [1.82, 2.24) is 15.1 Å². The van der Waals surface area contributed by atoms with Crippen molar-refractivity contribution in [2.75, 3.05) is 39.8 Å². The number of rotatable bonds is 4. The topological polar surface area (TPSA) is 18.5 Å². The number of hydrogen-bond donors (Lipinski definition) is 1. The third kappa shape index (κ3) is 3.16. The Morgan fingerprint density at radius 1 is 1.20 bits per heavy atom. The van der Waals surface area contributed by atoms with E-state index in [1.807, 2.05) is 7.05 Å². The minimum atomic E-state index is 0.689. The Balaban J connectivity index is 1.78. The highest BCUT2D eigenvalue weighted by molar-refractivity contribution is 4.87. The molecule has 1 saturated heterocycles. The van der Waals surface area contributed by atoms with Gasteiger partial charge in [0.15, 0.2) is 0 Å². The third-order valence-electron chi connectivity index (χ3n) is 3.75. The SMILES string of the molecule is CNCC(C)N1CCCN(C2CC2)CC1. The van der Waals surface area contributed by atoms with Gasteiger partial charge in [-0.2, -0.15) is 0 Å². The van der Waals surface area contributed by atoms with Crippen LogP contribution in [0.5, 0.6) is 0 Å². The largest absolute Gasteiger partial charge is 0.318 e. The van der Waals surface area contributed by atoms with Crippen molar-refractivity contribution in [3.8, 4) is 0 Å². The fraction of sp³-hybridized carbons (Fsp3) is 1.00. The molecular formula is C12H25N3. The first-order valence-electron chi connectivity index (χ1n) is 6.44. The molecule has 1 aliphatic heterocycles. The van der Waals surface area contributed by atoms with Crippen molar-refractivity contribution in [1.29, 1.82) is 0 Å². The van der Waals surface area contributed by atoms with Gasteiger partial charge in [0.25, 0.3) is 0 Å². The zero-order valence-corrected chi connectivity index (χ0v) is 10.2. The fourth-order valence-corrected chi connectivity index (χ4v) is 2.63. The van der Waals surface area contributed by atoms with Crippen molar-refractivity contribution in [2.45, 2.75) is 38.3 Å². The van der Waals surface area contributed by atoms with Crippen molar-refractivity contribution in [2.24, 2.45) is 0 Å². The number of likely N-dealkylation sites (N-methyl/N-ethyl adjacent to an activating group) is 1. The molecule has 1 atom stereocenters. The van der Waals surface area contributed by atoms with E-state index >= 15 is 0 Å². The van der Waals surface area contributed by atoms with Crippen LogP contribution in [-0.4, -0.2) is 61.7 Å². The highest BCUT2D eigenvalue weighted by Crippen LogP contribution is 2.27. The van der Waals surface area contributed by atoms with Crippen LogP contribution in [0.3, 0.4) is 0 Å². The predicted molar refractivity (Wildman–Crippen MR) is 64.2 cm³/mol. The van der Waals surface area contributed by atoms with Crippen LogP contribution >= 0.6 is 0 Å². The lowest BCUT2D eigenvalue weighted by atomic mass is 10.2. The van der Waals surface area contributed by atoms with Crippen molar-refractivity contribution in [3.63, 3.8) is 0 Å². The molecule has 2 fully saturated rings. The minimum Gasteiger partial charge on any atom is -0.318 e. The molecule has 88 valence electrons. The lowest BCUT2D eigenvalue weighted by molar-refractivity contribution is 0.205. The minimum absolute atomic E-state index is 0.689. The second-order valence-electron chi connectivity index (χ2n) is 5.06. The highest BCUT2D eigenvalue weighted by Gasteiger charge is 2.30. The molecule has 3 nitrogen and oxygen atoms in total. The highest BCUT2D eigenvalue weighted by atomic mass is 15.3. The normalized spacial score (nSPS) is 27.6. The van der Waals surface area contributed by atoms with Crippen LogP contribution < -0.4 is 5.32 Å². The summed E-state index contributed by atoms with van der Waals surface area (Å²) in [5.74, 6) is 0. The van der Waals surface area contributed by atoms with Gasteiger partial charge in [0.2, 0.25) is 0 Å². The average Bonchev–Trinajstić information content (AvgIpc) is 3.04. The van der Waals surface area contributed by atoms with E-state index in [1.54, 1.807) is 0 Å². The molecular weight excluding hydrogens is 186 g/mol. The van der Waals surface area contributed by atoms with Crippen molar-refractivity contribution < 1.29 is 0 Å². The summed E-state index contributed by atoms with van der Waals surface area (Å²) in [4.78, 5) is 5.34. The molecule has 3 heteroatoms. The number of nitrogens with one attached hydrogen (secondary N) is 1. The smallest absolute Gasteiger partial charge is 0.0192 e. The second kappa shape index (κ2) is 5.28. The molecule has 1 saturated carbocycles. The Morgan fingerprint density at radius 2 is 2.00 bits per heavy atom. The van der Waals surface area contributed by atoms with Gasteiger partial charge < -0.3 is 5.32 Å². The van der Waals surface area contributed by atoms with E-state index in [0.29, 0.717) is 6.04 Å². The monoisotopic (exact) mass is 211 g/mol. The van der Waals surface area contributed by atoms with Gasteiger partial charge in [-0.05, 0) is 46.3 Å². The van der Waals surface area contributed by atoms with Crippen LogP contribution in [-0.2, 0) is 0 Å². The number of hydrogen-bond acceptors (Lipinski definition) is 3. The van der Waals surface area contributed by atoms with Crippen LogP contribution in [0.4, 0.5) is 0 Å². The van der Waals surface area contributed by atoms with Crippen molar-refractivity contribution >= 4 is 0 Å². The Morgan fingerprint density at radius 3 is 2.67 bits per heavy atom. The molecule has 1 aliphatic carbocycles. The van der Waals surface area contributed by atoms with E-state index in [2.05, 4.69) is 22.0 Å². The summed E-state index contributed by atoms with van der Waals surface area (Å²) in [6.45, 7) is 8.62. The van der Waals surface area contributed by atoms with Crippen LogP contribution in [0.1, 0.15) is 26.2 Å². The van der Waals surface area contributed by atoms with Gasteiger partial charge in [-0.3, -0.25) is 9.80 Å². The van der Waals surface area contributed by atoms with Gasteiger partial charge >= 0.3 is 0 Å². The van der Waals surface area contributed by atoms with E-state index in [0.717, 1.165) is 12.6 Å². The zero-order valence-electron chi connectivity index (χ0n) is 10.2. The molecule has 0 aromatic heterocycles. The van der Waals surface area contributed by atoms with Gasteiger partial charge in [0.05, 0.1) is 0 Å². The summed E-state index contributed by atoms with van der Waals surface area (Å²) < 4.78 is 0. The molecule has 0 radical (unpaired) electrons. The van der Waals surface area contributed by atoms with E-state index < -0.39 is 0 Å². The molecule has 0 spiro atoms. The van der Waals surface area contributed by atoms with Crippen LogP contribution in [0.2, 0.25) is 0 Å². The maximum atomic E-state index is 3.28. The van der Waals surface area contributed by atoms with Crippen LogP contribution in [0.25, 0.3) is 0 Å². The summed E-state index contributed by atoms with van der Waals surface area (Å²) >= 11 is 0.